The minimum Gasteiger partial charge on any atom is -0.456 e. The molecule has 0 radical (unpaired) electrons. The lowest BCUT2D eigenvalue weighted by Crippen LogP contribution is -2.23. The fourth-order valence-corrected chi connectivity index (χ4v) is 7.10. The van der Waals surface area contributed by atoms with Gasteiger partial charge in [0.25, 0.3) is 0 Å². The van der Waals surface area contributed by atoms with Crippen LogP contribution < -0.4 is 5.32 Å². The third-order valence-corrected chi connectivity index (χ3v) is 9.35. The van der Waals surface area contributed by atoms with Crippen LogP contribution in [0.4, 0.5) is 0 Å². The number of nitrogens with one attached hydrogen (secondary N) is 1. The molecule has 1 aliphatic rings. The molecule has 1 aliphatic heterocycles. The predicted octanol–water partition coefficient (Wildman–Crippen LogP) is 10.2. The van der Waals surface area contributed by atoms with Gasteiger partial charge in [0.05, 0.1) is 0 Å². The molecule has 47 heavy (non-hydrogen) atoms. The normalized spacial score (nSPS) is 14.3. The summed E-state index contributed by atoms with van der Waals surface area (Å²) in [5, 5.41) is 14.2. The number of aromatic nitrogens is 3. The molecule has 0 spiro atoms. The van der Waals surface area contributed by atoms with E-state index < -0.39 is 0 Å². The molecular weight excluding hydrogens is 576 g/mol. The van der Waals surface area contributed by atoms with E-state index in [9.17, 15) is 0 Å². The Bertz CT molecular complexity index is 2740. The van der Waals surface area contributed by atoms with Gasteiger partial charge in [0, 0.05) is 28.3 Å². The molecule has 1 N–H and O–H groups in total. The van der Waals surface area contributed by atoms with Crippen LogP contribution in [0, 0.1) is 0 Å². The average molecular weight is 603 g/mol. The van der Waals surface area contributed by atoms with Gasteiger partial charge in [0.1, 0.15) is 17.4 Å². The lowest BCUT2D eigenvalue weighted by atomic mass is 9.95. The quantitative estimate of drug-likeness (QED) is 0.204. The van der Waals surface area contributed by atoms with Gasteiger partial charge in [-0.3, -0.25) is 0 Å². The van der Waals surface area contributed by atoms with Crippen LogP contribution in [0.3, 0.4) is 0 Å². The monoisotopic (exact) mass is 602 g/mol. The largest absolute Gasteiger partial charge is 0.456 e. The highest BCUT2D eigenvalue weighted by Gasteiger charge is 2.28. The van der Waals surface area contributed by atoms with Crippen molar-refractivity contribution in [2.45, 2.75) is 6.04 Å². The number of hydrogen-bond acceptors (Lipinski definition) is 5. The van der Waals surface area contributed by atoms with Crippen molar-refractivity contribution in [1.29, 1.82) is 0 Å². The van der Waals surface area contributed by atoms with Crippen molar-refractivity contribution >= 4 is 60.1 Å². The fourth-order valence-electron chi connectivity index (χ4n) is 7.10. The number of fused-ring (bicyclic) bond motifs is 9. The molecule has 7 aromatic carbocycles. The highest BCUT2D eigenvalue weighted by molar-refractivity contribution is 6.20. The third kappa shape index (κ3) is 4.14. The number of rotatable bonds is 3. The molecule has 5 heteroatoms. The van der Waals surface area contributed by atoms with Gasteiger partial charge in [-0.15, -0.1) is 0 Å². The summed E-state index contributed by atoms with van der Waals surface area (Å²) < 4.78 is 6.24. The van der Waals surface area contributed by atoms with E-state index in [2.05, 4.69) is 121 Å². The Morgan fingerprint density at radius 3 is 1.98 bits per heavy atom. The van der Waals surface area contributed by atoms with Crippen molar-refractivity contribution in [1.82, 2.24) is 20.3 Å². The minimum absolute atomic E-state index is 0.310. The van der Waals surface area contributed by atoms with Gasteiger partial charge in [-0.05, 0) is 67.4 Å². The Hall–Kier alpha value is -6.33. The second-order valence-electron chi connectivity index (χ2n) is 12.1. The predicted molar refractivity (Wildman–Crippen MR) is 191 cm³/mol. The number of benzene rings is 7. The first-order valence-corrected chi connectivity index (χ1v) is 15.8. The van der Waals surface area contributed by atoms with Crippen molar-refractivity contribution in [3.63, 3.8) is 0 Å². The third-order valence-electron chi connectivity index (χ3n) is 9.35. The molecule has 9 aromatic rings. The first-order valence-electron chi connectivity index (χ1n) is 15.8. The van der Waals surface area contributed by atoms with Crippen LogP contribution in [-0.4, -0.2) is 15.0 Å². The van der Waals surface area contributed by atoms with E-state index in [0.29, 0.717) is 17.5 Å². The van der Waals surface area contributed by atoms with Crippen molar-refractivity contribution in [2.75, 3.05) is 0 Å². The summed E-state index contributed by atoms with van der Waals surface area (Å²) in [7, 11) is 0. The van der Waals surface area contributed by atoms with Crippen LogP contribution in [-0.2, 0) is 0 Å². The van der Waals surface area contributed by atoms with E-state index in [1.807, 2.05) is 30.5 Å². The Balaban J connectivity index is 1.19. The summed E-state index contributed by atoms with van der Waals surface area (Å²) in [6.07, 6.45) is 3.88. The zero-order valence-corrected chi connectivity index (χ0v) is 25.2. The van der Waals surface area contributed by atoms with Crippen LogP contribution in [0.1, 0.15) is 23.2 Å². The zero-order valence-electron chi connectivity index (χ0n) is 25.2. The second kappa shape index (κ2) is 10.1. The molecule has 2 aromatic heterocycles. The summed E-state index contributed by atoms with van der Waals surface area (Å²) in [6.45, 7) is 0. The summed E-state index contributed by atoms with van der Waals surface area (Å²) >= 11 is 0. The molecule has 220 valence electrons. The Morgan fingerprint density at radius 1 is 0.511 bits per heavy atom. The molecule has 3 heterocycles. The number of furan rings is 1. The second-order valence-corrected chi connectivity index (χ2v) is 12.1. The number of nitrogens with zero attached hydrogens (tertiary/aromatic N) is 3. The molecule has 0 saturated heterocycles. The summed E-state index contributed by atoms with van der Waals surface area (Å²) in [6, 6.07) is 46.5. The van der Waals surface area contributed by atoms with E-state index >= 15 is 0 Å². The van der Waals surface area contributed by atoms with Gasteiger partial charge in [-0.25, -0.2) is 15.0 Å². The maximum Gasteiger partial charge on any atom is 0.163 e. The van der Waals surface area contributed by atoms with E-state index in [1.165, 1.54) is 32.3 Å². The van der Waals surface area contributed by atoms with Gasteiger partial charge in [0.15, 0.2) is 17.5 Å². The SMILES string of the molecule is C1=Cc2oc3ccccc3c2C(c2nc(-c3ccc4ccccc4c3)nc(-c3ccc4c(ccc5ccc6ccccc6c54)c3)n2)N1. The van der Waals surface area contributed by atoms with E-state index in [4.69, 9.17) is 19.4 Å². The van der Waals surface area contributed by atoms with Crippen molar-refractivity contribution in [3.05, 3.63) is 157 Å². The van der Waals surface area contributed by atoms with Gasteiger partial charge >= 0.3 is 0 Å². The maximum absolute atomic E-state index is 6.24. The standard InChI is InChI=1S/C42H26N4O/c1-2-9-28-23-30(18-13-25(28)7-1)40-44-41(46-42(45-40)39-38-34-11-5-6-12-35(34)47-36(38)21-22-43-39)31-19-20-33-29(24-31)17-16-27-15-14-26-8-3-4-10-32(26)37(27)33/h1-24,39,43H. The maximum atomic E-state index is 6.24. The molecule has 1 atom stereocenters. The summed E-state index contributed by atoms with van der Waals surface area (Å²) in [4.78, 5) is 15.4. The first kappa shape index (κ1) is 25.9. The zero-order chi connectivity index (χ0) is 30.9. The van der Waals surface area contributed by atoms with Crippen LogP contribution in [0.25, 0.3) is 82.9 Å². The average Bonchev–Trinajstić information content (AvgIpc) is 3.53. The number of hydrogen-bond donors (Lipinski definition) is 1. The molecular formula is C42H26N4O. The molecule has 5 nitrogen and oxygen atoms in total. The molecule has 1 unspecified atom stereocenters. The molecule has 0 amide bonds. The minimum atomic E-state index is -0.310. The molecule has 0 aliphatic carbocycles. The van der Waals surface area contributed by atoms with Crippen LogP contribution >= 0.6 is 0 Å². The Labute approximate surface area is 269 Å². The lowest BCUT2D eigenvalue weighted by molar-refractivity contribution is 0.574. The highest BCUT2D eigenvalue weighted by Crippen LogP contribution is 2.38. The lowest BCUT2D eigenvalue weighted by Gasteiger charge is -2.20. The van der Waals surface area contributed by atoms with Gasteiger partial charge in [-0.2, -0.15) is 0 Å². The van der Waals surface area contributed by atoms with E-state index in [-0.39, 0.29) is 6.04 Å². The van der Waals surface area contributed by atoms with Crippen LogP contribution in [0.2, 0.25) is 0 Å². The van der Waals surface area contributed by atoms with Crippen molar-refractivity contribution in [2.24, 2.45) is 0 Å². The fraction of sp³-hybridized carbons (Fsp3) is 0.0238. The van der Waals surface area contributed by atoms with Crippen LogP contribution in [0.5, 0.6) is 0 Å². The molecule has 0 fully saturated rings. The van der Waals surface area contributed by atoms with E-state index in [0.717, 1.165) is 44.2 Å². The molecule has 10 rings (SSSR count). The number of para-hydroxylation sites is 1. The van der Waals surface area contributed by atoms with Gasteiger partial charge in [-0.1, -0.05) is 115 Å². The summed E-state index contributed by atoms with van der Waals surface area (Å²) in [5.41, 5.74) is 3.75. The van der Waals surface area contributed by atoms with E-state index in [1.54, 1.807) is 0 Å². The summed E-state index contributed by atoms with van der Waals surface area (Å²) in [5.74, 6) is 2.71. The van der Waals surface area contributed by atoms with Gasteiger partial charge in [0.2, 0.25) is 0 Å². The van der Waals surface area contributed by atoms with Crippen LogP contribution in [0.15, 0.2) is 144 Å². The Morgan fingerprint density at radius 2 is 1.13 bits per heavy atom. The Kier molecular flexibility index (Phi) is 5.57. The topological polar surface area (TPSA) is 63.8 Å². The van der Waals surface area contributed by atoms with Gasteiger partial charge < -0.3 is 9.73 Å². The first-order chi connectivity index (χ1) is 23.3. The molecule has 0 saturated carbocycles. The molecule has 0 bridgehead atoms. The smallest absolute Gasteiger partial charge is 0.163 e. The van der Waals surface area contributed by atoms with Crippen molar-refractivity contribution in [3.8, 4) is 22.8 Å². The highest BCUT2D eigenvalue weighted by atomic mass is 16.3. The van der Waals surface area contributed by atoms with Crippen molar-refractivity contribution < 1.29 is 4.42 Å².